The van der Waals surface area contributed by atoms with Crippen LogP contribution < -0.4 is 0 Å². The van der Waals surface area contributed by atoms with E-state index in [0.717, 1.165) is 0 Å². The lowest BCUT2D eigenvalue weighted by Gasteiger charge is -2.10. The first-order valence-electron chi connectivity index (χ1n) is 4.59. The van der Waals surface area contributed by atoms with E-state index in [1.54, 1.807) is 13.8 Å². The van der Waals surface area contributed by atoms with Gasteiger partial charge in [0.05, 0.1) is 12.6 Å². The molecule has 0 aromatic rings. The van der Waals surface area contributed by atoms with Crippen molar-refractivity contribution in [1.29, 1.82) is 0 Å². The topological polar surface area (TPSA) is 71.2 Å². The van der Waals surface area contributed by atoms with E-state index in [9.17, 15) is 9.90 Å². The molecule has 0 aliphatic heterocycles. The second-order valence-corrected chi connectivity index (χ2v) is 3.69. The third-order valence-corrected chi connectivity index (χ3v) is 1.34. The Kier molecular flexibility index (Phi) is 5.30. The Balaban J connectivity index is 3.70. The van der Waals surface area contributed by atoms with Crippen molar-refractivity contribution in [1.82, 2.24) is 0 Å². The number of hydrogen-bond donors (Lipinski definition) is 1. The molecule has 5 heteroatoms. The smallest absolute Gasteiger partial charge is 0.302 e. The zero-order chi connectivity index (χ0) is 11.2. The molecule has 0 spiro atoms. The lowest BCUT2D eigenvalue weighted by Crippen LogP contribution is -2.15. The normalized spacial score (nSPS) is 14.4. The van der Waals surface area contributed by atoms with Crippen LogP contribution in [0.25, 0.3) is 0 Å². The molecule has 0 radical (unpaired) electrons. The summed E-state index contributed by atoms with van der Waals surface area (Å²) in [6.07, 6.45) is 0.610. The molecule has 82 valence electrons. The molecule has 0 aromatic carbocycles. The molecule has 14 heavy (non-hydrogen) atoms. The van der Waals surface area contributed by atoms with Gasteiger partial charge in [0, 0.05) is 13.3 Å². The van der Waals surface area contributed by atoms with Crippen molar-refractivity contribution in [2.24, 2.45) is 10.2 Å². The molecular weight excluding hydrogens is 184 g/mol. The minimum absolute atomic E-state index is 0.0548. The van der Waals surface area contributed by atoms with Crippen LogP contribution in [0.2, 0.25) is 0 Å². The average molecular weight is 202 g/mol. The van der Waals surface area contributed by atoms with Crippen LogP contribution in [0.15, 0.2) is 10.2 Å². The van der Waals surface area contributed by atoms with Crippen LogP contribution in [-0.2, 0) is 9.53 Å². The van der Waals surface area contributed by atoms with Crippen molar-refractivity contribution in [3.63, 3.8) is 0 Å². The number of hydrogen-bond acceptors (Lipinski definition) is 5. The molecule has 1 N–H and O–H groups in total. The van der Waals surface area contributed by atoms with Crippen molar-refractivity contribution >= 4 is 5.97 Å². The van der Waals surface area contributed by atoms with Gasteiger partial charge in [-0.2, -0.15) is 10.2 Å². The summed E-state index contributed by atoms with van der Waals surface area (Å²) in [7, 11) is 0. The van der Waals surface area contributed by atoms with E-state index in [2.05, 4.69) is 10.2 Å². The summed E-state index contributed by atoms with van der Waals surface area (Å²) in [5.74, 6) is -0.295. The van der Waals surface area contributed by atoms with Gasteiger partial charge in [-0.15, -0.1) is 0 Å². The Morgan fingerprint density at radius 1 is 1.57 bits per heavy atom. The molecule has 0 saturated heterocycles. The van der Waals surface area contributed by atoms with Crippen LogP contribution in [0.5, 0.6) is 0 Å². The standard InChI is InChI=1S/C9H18N2O3/c1-7(5-6-14-8(2)12)10-11-9(3,4)13/h7,13H,5-6H2,1-4H3. The Morgan fingerprint density at radius 3 is 2.57 bits per heavy atom. The number of azo groups is 1. The van der Waals surface area contributed by atoms with Crippen LogP contribution in [0.4, 0.5) is 0 Å². The van der Waals surface area contributed by atoms with E-state index in [1.165, 1.54) is 6.92 Å². The lowest BCUT2D eigenvalue weighted by atomic mass is 10.3. The van der Waals surface area contributed by atoms with Crippen LogP contribution in [0.1, 0.15) is 34.1 Å². The summed E-state index contributed by atoms with van der Waals surface area (Å²) in [5.41, 5.74) is -1.13. The molecule has 1 unspecified atom stereocenters. The molecule has 0 amide bonds. The van der Waals surface area contributed by atoms with Gasteiger partial charge in [0.25, 0.3) is 0 Å². The highest BCUT2D eigenvalue weighted by molar-refractivity contribution is 5.65. The Bertz CT molecular complexity index is 209. The fourth-order valence-electron chi connectivity index (χ4n) is 0.671. The first-order chi connectivity index (χ1) is 6.31. The number of aliphatic hydroxyl groups is 1. The zero-order valence-corrected chi connectivity index (χ0v) is 9.15. The maximum atomic E-state index is 10.4. The Labute approximate surface area is 84.2 Å². The van der Waals surface area contributed by atoms with E-state index >= 15 is 0 Å². The number of nitrogens with zero attached hydrogens (tertiary/aromatic N) is 2. The largest absolute Gasteiger partial charge is 0.466 e. The highest BCUT2D eigenvalue weighted by Crippen LogP contribution is 2.06. The highest BCUT2D eigenvalue weighted by atomic mass is 16.5. The Hall–Kier alpha value is -0.970. The van der Waals surface area contributed by atoms with E-state index in [-0.39, 0.29) is 12.0 Å². The van der Waals surface area contributed by atoms with Gasteiger partial charge in [-0.25, -0.2) is 0 Å². The van der Waals surface area contributed by atoms with Gasteiger partial charge in [-0.3, -0.25) is 4.79 Å². The SMILES string of the molecule is CC(=O)OCCC(C)N=NC(C)(C)O. The van der Waals surface area contributed by atoms with Crippen molar-refractivity contribution in [2.45, 2.75) is 45.9 Å². The second-order valence-electron chi connectivity index (χ2n) is 3.69. The third-order valence-electron chi connectivity index (χ3n) is 1.34. The predicted molar refractivity (Wildman–Crippen MR) is 51.9 cm³/mol. The van der Waals surface area contributed by atoms with Crippen LogP contribution in [0.3, 0.4) is 0 Å². The first kappa shape index (κ1) is 13.0. The van der Waals surface area contributed by atoms with E-state index < -0.39 is 5.72 Å². The monoisotopic (exact) mass is 202 g/mol. The number of carbonyl (C=O) groups excluding carboxylic acids is 1. The van der Waals surface area contributed by atoms with Crippen molar-refractivity contribution in [2.75, 3.05) is 6.61 Å². The summed E-state index contributed by atoms with van der Waals surface area (Å²) in [4.78, 5) is 10.4. The zero-order valence-electron chi connectivity index (χ0n) is 9.15. The van der Waals surface area contributed by atoms with Crippen molar-refractivity contribution in [3.05, 3.63) is 0 Å². The minimum atomic E-state index is -1.13. The van der Waals surface area contributed by atoms with Gasteiger partial charge >= 0.3 is 5.97 Å². The van der Waals surface area contributed by atoms with Crippen LogP contribution >= 0.6 is 0 Å². The van der Waals surface area contributed by atoms with E-state index in [0.29, 0.717) is 13.0 Å². The summed E-state index contributed by atoms with van der Waals surface area (Å²) in [5, 5.41) is 16.8. The molecule has 0 aliphatic carbocycles. The fraction of sp³-hybridized carbons (Fsp3) is 0.889. The number of esters is 1. The number of rotatable bonds is 5. The quantitative estimate of drug-likeness (QED) is 0.542. The summed E-state index contributed by atoms with van der Waals surface area (Å²) < 4.78 is 4.74. The molecule has 0 saturated carbocycles. The lowest BCUT2D eigenvalue weighted by molar-refractivity contribution is -0.141. The van der Waals surface area contributed by atoms with Crippen molar-refractivity contribution < 1.29 is 14.6 Å². The summed E-state index contributed by atoms with van der Waals surface area (Å²) >= 11 is 0. The highest BCUT2D eigenvalue weighted by Gasteiger charge is 2.10. The molecule has 0 bridgehead atoms. The van der Waals surface area contributed by atoms with Gasteiger partial charge in [-0.05, 0) is 20.8 Å². The molecule has 0 heterocycles. The predicted octanol–water partition coefficient (Wildman–Crippen LogP) is 1.51. The van der Waals surface area contributed by atoms with Crippen LogP contribution in [0, 0.1) is 0 Å². The molecule has 0 fully saturated rings. The number of ether oxygens (including phenoxy) is 1. The minimum Gasteiger partial charge on any atom is -0.466 e. The third kappa shape index (κ3) is 9.12. The molecule has 0 aliphatic rings. The fourth-order valence-corrected chi connectivity index (χ4v) is 0.671. The van der Waals surface area contributed by atoms with Crippen molar-refractivity contribution in [3.8, 4) is 0 Å². The summed E-state index contributed by atoms with van der Waals surface area (Å²) in [6, 6.07) is -0.0548. The summed E-state index contributed by atoms with van der Waals surface area (Å²) in [6.45, 7) is 6.65. The molecule has 5 nitrogen and oxygen atoms in total. The molecule has 0 rings (SSSR count). The van der Waals surface area contributed by atoms with Gasteiger partial charge in [0.1, 0.15) is 0 Å². The first-order valence-corrected chi connectivity index (χ1v) is 4.59. The van der Waals surface area contributed by atoms with Gasteiger partial charge in [0.2, 0.25) is 0 Å². The Morgan fingerprint density at radius 2 is 2.14 bits per heavy atom. The van der Waals surface area contributed by atoms with E-state index in [1.807, 2.05) is 6.92 Å². The number of carbonyl (C=O) groups is 1. The maximum absolute atomic E-state index is 10.4. The van der Waals surface area contributed by atoms with E-state index in [4.69, 9.17) is 4.74 Å². The molecular formula is C9H18N2O3. The second kappa shape index (κ2) is 5.70. The van der Waals surface area contributed by atoms with Gasteiger partial charge in [-0.1, -0.05) is 0 Å². The van der Waals surface area contributed by atoms with Gasteiger partial charge < -0.3 is 9.84 Å². The molecule has 0 aromatic heterocycles. The average Bonchev–Trinajstić information content (AvgIpc) is 1.99. The van der Waals surface area contributed by atoms with Crippen LogP contribution in [-0.4, -0.2) is 29.4 Å². The van der Waals surface area contributed by atoms with Gasteiger partial charge in [0.15, 0.2) is 5.72 Å². The maximum Gasteiger partial charge on any atom is 0.302 e. The molecule has 1 atom stereocenters.